The van der Waals surface area contributed by atoms with Crippen molar-refractivity contribution in [1.29, 1.82) is 0 Å². The number of anilines is 1. The Morgan fingerprint density at radius 3 is 2.48 bits per heavy atom. The highest BCUT2D eigenvalue weighted by Gasteiger charge is 2.23. The van der Waals surface area contributed by atoms with Crippen LogP contribution in [0.4, 0.5) is 5.82 Å². The summed E-state index contributed by atoms with van der Waals surface area (Å²) >= 11 is 6.44. The predicted octanol–water partition coefficient (Wildman–Crippen LogP) is 3.07. The Bertz CT molecular complexity index is 795. The second-order valence-corrected chi connectivity index (χ2v) is 7.90. The molecule has 0 amide bonds. The topological polar surface area (TPSA) is 63.2 Å². The average Bonchev–Trinajstić information content (AvgIpc) is 2.58. The van der Waals surface area contributed by atoms with E-state index in [9.17, 15) is 8.42 Å². The monoisotopic (exact) mass is 379 g/mol. The van der Waals surface area contributed by atoms with Crippen molar-refractivity contribution in [3.63, 3.8) is 0 Å². The fraction of sp³-hybridized carbons (Fsp3) is 0.444. The van der Waals surface area contributed by atoms with Gasteiger partial charge in [0, 0.05) is 25.1 Å². The number of rotatable bonds is 5. The molecule has 1 fully saturated rings. The van der Waals surface area contributed by atoms with E-state index in [1.165, 1.54) is 0 Å². The van der Waals surface area contributed by atoms with Crippen molar-refractivity contribution >= 4 is 28.1 Å². The van der Waals surface area contributed by atoms with Crippen LogP contribution in [0.25, 0.3) is 0 Å². The molecule has 1 aromatic carbocycles. The van der Waals surface area contributed by atoms with Crippen LogP contribution in [0.3, 0.4) is 0 Å². The standard InChI is InChI=1S/C18H22ClN3O2S/c1-13-7-9-22(10-8-13)18-15(11-14-5-3-2-4-6-14)17(19)20-16(21-18)12-25(23)24/h2-6,13,25H,7-12H2,1H3. The normalized spacial score (nSPS) is 15.7. The van der Waals surface area contributed by atoms with Gasteiger partial charge in [0.25, 0.3) is 0 Å². The molecule has 1 saturated heterocycles. The molecule has 0 saturated carbocycles. The van der Waals surface area contributed by atoms with E-state index in [1.54, 1.807) is 0 Å². The molecule has 134 valence electrons. The van der Waals surface area contributed by atoms with E-state index >= 15 is 0 Å². The summed E-state index contributed by atoms with van der Waals surface area (Å²) in [5.41, 5.74) is 1.99. The molecule has 0 radical (unpaired) electrons. The predicted molar refractivity (Wildman–Crippen MR) is 101 cm³/mol. The van der Waals surface area contributed by atoms with Crippen molar-refractivity contribution < 1.29 is 8.42 Å². The van der Waals surface area contributed by atoms with Crippen molar-refractivity contribution in [2.75, 3.05) is 18.0 Å². The van der Waals surface area contributed by atoms with Gasteiger partial charge in [-0.1, -0.05) is 48.9 Å². The Kier molecular flexibility index (Phi) is 5.91. The van der Waals surface area contributed by atoms with Crippen LogP contribution in [-0.2, 0) is 22.9 Å². The summed E-state index contributed by atoms with van der Waals surface area (Å²) in [6.45, 7) is 4.06. The fourth-order valence-corrected chi connectivity index (χ4v) is 3.73. The first-order valence-corrected chi connectivity index (χ1v) is 10.2. The zero-order valence-corrected chi connectivity index (χ0v) is 15.8. The Labute approximate surface area is 155 Å². The molecule has 0 bridgehead atoms. The Morgan fingerprint density at radius 1 is 1.16 bits per heavy atom. The van der Waals surface area contributed by atoms with Crippen LogP contribution in [0.1, 0.15) is 36.7 Å². The lowest BCUT2D eigenvalue weighted by atomic mass is 9.98. The molecular weight excluding hydrogens is 358 g/mol. The first kappa shape index (κ1) is 18.1. The highest BCUT2D eigenvalue weighted by molar-refractivity contribution is 7.71. The molecule has 0 spiro atoms. The minimum atomic E-state index is -2.59. The van der Waals surface area contributed by atoms with Crippen LogP contribution in [0.2, 0.25) is 5.15 Å². The van der Waals surface area contributed by atoms with Crippen molar-refractivity contribution in [3.8, 4) is 0 Å². The molecule has 0 unspecified atom stereocenters. The highest BCUT2D eigenvalue weighted by Crippen LogP contribution is 2.30. The van der Waals surface area contributed by atoms with E-state index in [0.717, 1.165) is 42.9 Å². The molecule has 0 atom stereocenters. The van der Waals surface area contributed by atoms with E-state index in [1.807, 2.05) is 30.3 Å². The summed E-state index contributed by atoms with van der Waals surface area (Å²) in [7, 11) is -2.59. The number of hydrogen-bond donors (Lipinski definition) is 1. The van der Waals surface area contributed by atoms with Crippen LogP contribution >= 0.6 is 11.6 Å². The quantitative estimate of drug-likeness (QED) is 0.639. The van der Waals surface area contributed by atoms with Gasteiger partial charge in [-0.15, -0.1) is 0 Å². The van der Waals surface area contributed by atoms with Gasteiger partial charge in [-0.05, 0) is 24.3 Å². The molecular formula is C18H22ClN3O2S. The van der Waals surface area contributed by atoms with Crippen LogP contribution < -0.4 is 4.90 Å². The lowest BCUT2D eigenvalue weighted by Gasteiger charge is -2.32. The smallest absolute Gasteiger partial charge is 0.147 e. The van der Waals surface area contributed by atoms with Gasteiger partial charge in [0.2, 0.25) is 0 Å². The zero-order chi connectivity index (χ0) is 17.8. The zero-order valence-electron chi connectivity index (χ0n) is 14.2. The van der Waals surface area contributed by atoms with Crippen LogP contribution in [0.5, 0.6) is 0 Å². The van der Waals surface area contributed by atoms with Crippen LogP contribution in [0, 0.1) is 5.92 Å². The van der Waals surface area contributed by atoms with E-state index < -0.39 is 10.7 Å². The van der Waals surface area contributed by atoms with E-state index in [4.69, 9.17) is 11.6 Å². The number of benzene rings is 1. The lowest BCUT2D eigenvalue weighted by molar-refractivity contribution is 0.435. The molecule has 2 aromatic rings. The molecule has 1 aliphatic heterocycles. The summed E-state index contributed by atoms with van der Waals surface area (Å²) in [6, 6.07) is 10.0. The van der Waals surface area contributed by atoms with Crippen molar-refractivity contribution in [3.05, 3.63) is 52.4 Å². The highest BCUT2D eigenvalue weighted by atomic mass is 35.5. The van der Waals surface area contributed by atoms with E-state index in [0.29, 0.717) is 17.5 Å². The van der Waals surface area contributed by atoms with Gasteiger partial charge < -0.3 is 4.90 Å². The number of hydrogen-bond acceptors (Lipinski definition) is 5. The Morgan fingerprint density at radius 2 is 1.84 bits per heavy atom. The molecule has 3 rings (SSSR count). The summed E-state index contributed by atoms with van der Waals surface area (Å²) in [5.74, 6) is 1.56. The van der Waals surface area contributed by atoms with Gasteiger partial charge in [0.05, 0.1) is 0 Å². The molecule has 7 heteroatoms. The second kappa shape index (κ2) is 8.15. The Balaban J connectivity index is 1.99. The van der Waals surface area contributed by atoms with Crippen molar-refractivity contribution in [1.82, 2.24) is 9.97 Å². The maximum atomic E-state index is 11.1. The van der Waals surface area contributed by atoms with E-state index in [-0.39, 0.29) is 11.6 Å². The largest absolute Gasteiger partial charge is 0.356 e. The molecule has 1 aromatic heterocycles. The van der Waals surface area contributed by atoms with Crippen molar-refractivity contribution in [2.24, 2.45) is 5.92 Å². The van der Waals surface area contributed by atoms with Crippen LogP contribution in [0.15, 0.2) is 30.3 Å². The Hall–Kier alpha value is -1.66. The SMILES string of the molecule is CC1CCN(c2nc(C[SH](=O)=O)nc(Cl)c2Cc2ccccc2)CC1. The van der Waals surface area contributed by atoms with Gasteiger partial charge >= 0.3 is 0 Å². The summed E-state index contributed by atoms with van der Waals surface area (Å²) in [5, 5.41) is 0.347. The lowest BCUT2D eigenvalue weighted by Crippen LogP contribution is -2.34. The minimum Gasteiger partial charge on any atom is -0.356 e. The van der Waals surface area contributed by atoms with Gasteiger partial charge in [-0.2, -0.15) is 0 Å². The number of nitrogens with zero attached hydrogens (tertiary/aromatic N) is 3. The summed E-state index contributed by atoms with van der Waals surface area (Å²) < 4.78 is 22.2. The minimum absolute atomic E-state index is 0.183. The maximum absolute atomic E-state index is 11.1. The molecule has 1 aliphatic rings. The molecule has 5 nitrogen and oxygen atoms in total. The van der Waals surface area contributed by atoms with Gasteiger partial charge in [-0.25, -0.2) is 18.4 Å². The first-order valence-electron chi connectivity index (χ1n) is 8.49. The average molecular weight is 380 g/mol. The summed E-state index contributed by atoms with van der Waals surface area (Å²) in [4.78, 5) is 11.0. The van der Waals surface area contributed by atoms with E-state index in [2.05, 4.69) is 21.8 Å². The third kappa shape index (κ3) is 4.70. The van der Waals surface area contributed by atoms with Gasteiger partial charge in [0.15, 0.2) is 0 Å². The first-order chi connectivity index (χ1) is 12.0. The molecule has 0 aliphatic carbocycles. The number of aromatic nitrogens is 2. The van der Waals surface area contributed by atoms with Crippen molar-refractivity contribution in [2.45, 2.75) is 31.9 Å². The summed E-state index contributed by atoms with van der Waals surface area (Å²) in [6.07, 6.45) is 2.82. The van der Waals surface area contributed by atoms with Gasteiger partial charge in [0.1, 0.15) is 33.3 Å². The third-order valence-corrected chi connectivity index (χ3v) is 5.41. The number of halogens is 1. The molecule has 25 heavy (non-hydrogen) atoms. The molecule has 0 N–H and O–H groups in total. The molecule has 2 heterocycles. The fourth-order valence-electron chi connectivity index (χ4n) is 3.11. The second-order valence-electron chi connectivity index (χ2n) is 6.56. The number of thiol groups is 1. The number of piperidine rings is 1. The van der Waals surface area contributed by atoms with Crippen LogP contribution in [-0.4, -0.2) is 31.5 Å². The third-order valence-electron chi connectivity index (χ3n) is 4.56. The maximum Gasteiger partial charge on any atom is 0.147 e. The van der Waals surface area contributed by atoms with Gasteiger partial charge in [-0.3, -0.25) is 0 Å².